The van der Waals surface area contributed by atoms with E-state index in [1.807, 2.05) is 49.9 Å². The summed E-state index contributed by atoms with van der Waals surface area (Å²) in [4.78, 5) is 13.6. The second-order valence-corrected chi connectivity index (χ2v) is 4.28. The van der Waals surface area contributed by atoms with Gasteiger partial charge in [-0.1, -0.05) is 18.2 Å². The first-order valence-corrected chi connectivity index (χ1v) is 6.65. The number of carbonyl (C=O) groups excluding carboxylic acids is 1. The number of carbonyl (C=O) groups is 1. The third-order valence-corrected chi connectivity index (χ3v) is 3.00. The Morgan fingerprint density at radius 3 is 2.50 bits per heavy atom. The van der Waals surface area contributed by atoms with Crippen LogP contribution in [0, 0.1) is 6.92 Å². The summed E-state index contributed by atoms with van der Waals surface area (Å²) in [7, 11) is 0. The summed E-state index contributed by atoms with van der Waals surface area (Å²) in [6.45, 7) is 8.20. The molecule has 0 aliphatic rings. The van der Waals surface area contributed by atoms with Crippen molar-refractivity contribution in [2.45, 2.75) is 33.6 Å². The highest BCUT2D eigenvalue weighted by Gasteiger charge is 2.08. The topological polar surface area (TPSA) is 29.5 Å². The lowest BCUT2D eigenvalue weighted by atomic mass is 10.2. The molecule has 0 aromatic heterocycles. The Balaban J connectivity index is 2.27. The number of para-hydroxylation sites is 1. The molecule has 0 unspecified atom stereocenters. The zero-order valence-corrected chi connectivity index (χ0v) is 11.6. The standard InChI is InChI=1S/C15H23NO2/c1-4-16(5-2)15(17)11-8-12-18-14-10-7-6-9-13(14)3/h6-7,9-10H,4-5,8,11-12H2,1-3H3. The molecule has 0 saturated carbocycles. The first-order chi connectivity index (χ1) is 8.69. The van der Waals surface area contributed by atoms with Gasteiger partial charge in [0.25, 0.3) is 0 Å². The van der Waals surface area contributed by atoms with Gasteiger partial charge in [-0.2, -0.15) is 0 Å². The molecular formula is C15H23NO2. The molecule has 0 atom stereocenters. The minimum Gasteiger partial charge on any atom is -0.493 e. The second kappa shape index (κ2) is 7.75. The minimum atomic E-state index is 0.216. The van der Waals surface area contributed by atoms with Crippen molar-refractivity contribution < 1.29 is 9.53 Å². The summed E-state index contributed by atoms with van der Waals surface area (Å²) >= 11 is 0. The zero-order valence-electron chi connectivity index (χ0n) is 11.6. The molecule has 0 spiro atoms. The number of hydrogen-bond donors (Lipinski definition) is 0. The van der Waals surface area contributed by atoms with Crippen LogP contribution in [-0.2, 0) is 4.79 Å². The summed E-state index contributed by atoms with van der Waals surface area (Å²) in [5, 5.41) is 0. The molecule has 0 bridgehead atoms. The van der Waals surface area contributed by atoms with Gasteiger partial charge in [0, 0.05) is 19.5 Å². The van der Waals surface area contributed by atoms with Crippen LogP contribution in [0.4, 0.5) is 0 Å². The van der Waals surface area contributed by atoms with E-state index in [0.717, 1.165) is 30.8 Å². The van der Waals surface area contributed by atoms with Crippen molar-refractivity contribution in [2.24, 2.45) is 0 Å². The summed E-state index contributed by atoms with van der Waals surface area (Å²) in [6, 6.07) is 7.94. The molecule has 0 saturated heterocycles. The molecule has 1 rings (SSSR count). The summed E-state index contributed by atoms with van der Waals surface area (Å²) in [5.41, 5.74) is 1.13. The lowest BCUT2D eigenvalue weighted by molar-refractivity contribution is -0.131. The molecule has 18 heavy (non-hydrogen) atoms. The Labute approximate surface area is 110 Å². The van der Waals surface area contributed by atoms with Crippen LogP contribution < -0.4 is 4.74 Å². The Hall–Kier alpha value is -1.51. The molecule has 1 aromatic rings. The average Bonchev–Trinajstić information content (AvgIpc) is 2.38. The number of benzene rings is 1. The van der Waals surface area contributed by atoms with Gasteiger partial charge in [0.2, 0.25) is 5.91 Å². The monoisotopic (exact) mass is 249 g/mol. The van der Waals surface area contributed by atoms with E-state index in [4.69, 9.17) is 4.74 Å². The van der Waals surface area contributed by atoms with Crippen molar-refractivity contribution in [1.82, 2.24) is 4.90 Å². The lowest BCUT2D eigenvalue weighted by Crippen LogP contribution is -2.30. The van der Waals surface area contributed by atoms with Crippen LogP contribution in [0.15, 0.2) is 24.3 Å². The lowest BCUT2D eigenvalue weighted by Gasteiger charge is -2.18. The molecule has 1 aromatic carbocycles. The first-order valence-electron chi connectivity index (χ1n) is 6.65. The maximum Gasteiger partial charge on any atom is 0.222 e. The van der Waals surface area contributed by atoms with Crippen LogP contribution in [0.5, 0.6) is 5.75 Å². The van der Waals surface area contributed by atoms with Gasteiger partial charge in [-0.15, -0.1) is 0 Å². The Bertz CT molecular complexity index is 373. The van der Waals surface area contributed by atoms with Gasteiger partial charge in [-0.25, -0.2) is 0 Å². The Kier molecular flexibility index (Phi) is 6.26. The number of nitrogens with zero attached hydrogens (tertiary/aromatic N) is 1. The Morgan fingerprint density at radius 2 is 1.89 bits per heavy atom. The third-order valence-electron chi connectivity index (χ3n) is 3.00. The highest BCUT2D eigenvalue weighted by molar-refractivity contribution is 5.76. The van der Waals surface area contributed by atoms with Crippen molar-refractivity contribution >= 4 is 5.91 Å². The SMILES string of the molecule is CCN(CC)C(=O)CCCOc1ccccc1C. The summed E-state index contributed by atoms with van der Waals surface area (Å²) in [6.07, 6.45) is 1.33. The fourth-order valence-corrected chi connectivity index (χ4v) is 1.86. The van der Waals surface area contributed by atoms with Crippen LogP contribution in [-0.4, -0.2) is 30.5 Å². The van der Waals surface area contributed by atoms with E-state index in [2.05, 4.69) is 0 Å². The molecule has 0 heterocycles. The molecule has 3 nitrogen and oxygen atoms in total. The van der Waals surface area contributed by atoms with Crippen LogP contribution in [0.1, 0.15) is 32.3 Å². The number of ether oxygens (including phenoxy) is 1. The van der Waals surface area contributed by atoms with E-state index in [0.29, 0.717) is 13.0 Å². The highest BCUT2D eigenvalue weighted by atomic mass is 16.5. The van der Waals surface area contributed by atoms with Crippen molar-refractivity contribution in [2.75, 3.05) is 19.7 Å². The number of rotatable bonds is 7. The second-order valence-electron chi connectivity index (χ2n) is 4.28. The maximum absolute atomic E-state index is 11.8. The van der Waals surface area contributed by atoms with E-state index in [1.165, 1.54) is 0 Å². The minimum absolute atomic E-state index is 0.216. The normalized spacial score (nSPS) is 10.2. The van der Waals surface area contributed by atoms with E-state index < -0.39 is 0 Å². The quantitative estimate of drug-likeness (QED) is 0.695. The van der Waals surface area contributed by atoms with E-state index in [-0.39, 0.29) is 5.91 Å². The van der Waals surface area contributed by atoms with Crippen molar-refractivity contribution in [3.8, 4) is 5.75 Å². The third kappa shape index (κ3) is 4.40. The molecule has 0 radical (unpaired) electrons. The van der Waals surface area contributed by atoms with Crippen molar-refractivity contribution in [3.63, 3.8) is 0 Å². The molecule has 3 heteroatoms. The van der Waals surface area contributed by atoms with Gasteiger partial charge in [-0.05, 0) is 38.8 Å². The first kappa shape index (κ1) is 14.6. The summed E-state index contributed by atoms with van der Waals surface area (Å²) < 4.78 is 5.66. The van der Waals surface area contributed by atoms with Gasteiger partial charge < -0.3 is 9.64 Å². The van der Waals surface area contributed by atoms with Gasteiger partial charge >= 0.3 is 0 Å². The fourth-order valence-electron chi connectivity index (χ4n) is 1.86. The van der Waals surface area contributed by atoms with Crippen LogP contribution in [0.3, 0.4) is 0 Å². The van der Waals surface area contributed by atoms with Gasteiger partial charge in [0.15, 0.2) is 0 Å². The van der Waals surface area contributed by atoms with Crippen molar-refractivity contribution in [1.29, 1.82) is 0 Å². The van der Waals surface area contributed by atoms with Gasteiger partial charge in [-0.3, -0.25) is 4.79 Å². The largest absolute Gasteiger partial charge is 0.493 e. The predicted molar refractivity (Wildman–Crippen MR) is 73.8 cm³/mol. The molecule has 0 fully saturated rings. The molecule has 0 N–H and O–H groups in total. The molecule has 0 aliphatic heterocycles. The van der Waals surface area contributed by atoms with E-state index in [9.17, 15) is 4.79 Å². The number of amides is 1. The molecular weight excluding hydrogens is 226 g/mol. The van der Waals surface area contributed by atoms with Crippen LogP contribution in [0.2, 0.25) is 0 Å². The van der Waals surface area contributed by atoms with Crippen LogP contribution >= 0.6 is 0 Å². The number of aryl methyl sites for hydroxylation is 1. The molecule has 1 amide bonds. The zero-order chi connectivity index (χ0) is 13.4. The fraction of sp³-hybridized carbons (Fsp3) is 0.533. The summed E-state index contributed by atoms with van der Waals surface area (Å²) in [5.74, 6) is 1.13. The number of hydrogen-bond acceptors (Lipinski definition) is 2. The average molecular weight is 249 g/mol. The smallest absolute Gasteiger partial charge is 0.222 e. The predicted octanol–water partition coefficient (Wildman–Crippen LogP) is 3.02. The Morgan fingerprint density at radius 1 is 1.22 bits per heavy atom. The van der Waals surface area contributed by atoms with Gasteiger partial charge in [0.05, 0.1) is 6.61 Å². The molecule has 0 aliphatic carbocycles. The van der Waals surface area contributed by atoms with Crippen LogP contribution in [0.25, 0.3) is 0 Å². The highest BCUT2D eigenvalue weighted by Crippen LogP contribution is 2.16. The van der Waals surface area contributed by atoms with E-state index >= 15 is 0 Å². The van der Waals surface area contributed by atoms with Gasteiger partial charge in [0.1, 0.15) is 5.75 Å². The van der Waals surface area contributed by atoms with E-state index in [1.54, 1.807) is 0 Å². The molecule has 100 valence electrons. The van der Waals surface area contributed by atoms with Crippen molar-refractivity contribution in [3.05, 3.63) is 29.8 Å². The maximum atomic E-state index is 11.8.